The maximum Gasteiger partial charge on any atom is 0.303 e. The number of pyridine rings is 1. The van der Waals surface area contributed by atoms with E-state index < -0.39 is 10.9 Å². The number of non-ortho nitro benzene ring substituents is 1. The fourth-order valence-corrected chi connectivity index (χ4v) is 2.95. The van der Waals surface area contributed by atoms with Crippen LogP contribution in [0.5, 0.6) is 0 Å². The molecule has 0 unspecified atom stereocenters. The van der Waals surface area contributed by atoms with E-state index >= 15 is 0 Å². The third-order valence-electron chi connectivity index (χ3n) is 4.03. The van der Waals surface area contributed by atoms with E-state index in [1.165, 1.54) is 6.07 Å². The van der Waals surface area contributed by atoms with Crippen LogP contribution in [0.2, 0.25) is 0 Å². The van der Waals surface area contributed by atoms with Gasteiger partial charge in [0.15, 0.2) is 0 Å². The summed E-state index contributed by atoms with van der Waals surface area (Å²) in [4.78, 5) is 29.1. The molecule has 122 valence electrons. The number of benzene rings is 1. The van der Waals surface area contributed by atoms with Crippen LogP contribution in [0.3, 0.4) is 0 Å². The zero-order valence-electron chi connectivity index (χ0n) is 12.9. The number of H-pyrrole nitrogens is 1. The molecule has 7 nitrogen and oxygen atoms in total. The number of nitro groups is 1. The van der Waals surface area contributed by atoms with Crippen LogP contribution in [0.1, 0.15) is 17.7 Å². The molecule has 2 N–H and O–H groups in total. The monoisotopic (exact) mass is 325 g/mol. The van der Waals surface area contributed by atoms with E-state index in [1.807, 2.05) is 12.1 Å². The zero-order chi connectivity index (χ0) is 17.3. The lowest BCUT2D eigenvalue weighted by molar-refractivity contribution is -0.383. The van der Waals surface area contributed by atoms with E-state index in [1.54, 1.807) is 25.4 Å². The number of carbonyl (C=O) groups is 1. The number of nitrogens with one attached hydrogen (secondary N) is 1. The number of fused-ring (bicyclic) bond motifs is 1. The molecule has 3 rings (SSSR count). The lowest BCUT2D eigenvalue weighted by atomic mass is 9.99. The molecule has 0 aliphatic carbocycles. The van der Waals surface area contributed by atoms with Gasteiger partial charge in [0.05, 0.1) is 15.8 Å². The fourth-order valence-electron chi connectivity index (χ4n) is 2.95. The van der Waals surface area contributed by atoms with Crippen LogP contribution in [0.4, 0.5) is 5.69 Å². The Kier molecular flexibility index (Phi) is 3.99. The van der Waals surface area contributed by atoms with Gasteiger partial charge in [-0.05, 0) is 42.7 Å². The van der Waals surface area contributed by atoms with Crippen molar-refractivity contribution in [1.82, 2.24) is 9.97 Å². The second-order valence-electron chi connectivity index (χ2n) is 5.50. The Morgan fingerprint density at radius 3 is 2.62 bits per heavy atom. The van der Waals surface area contributed by atoms with Gasteiger partial charge in [-0.2, -0.15) is 0 Å². The second kappa shape index (κ2) is 6.11. The normalized spacial score (nSPS) is 10.9. The van der Waals surface area contributed by atoms with Gasteiger partial charge in [-0.15, -0.1) is 0 Å². The van der Waals surface area contributed by atoms with Gasteiger partial charge in [0.2, 0.25) is 0 Å². The Bertz CT molecular complexity index is 932. The molecular formula is C17H15N3O4. The number of aliphatic carboxylic acids is 1. The topological polar surface area (TPSA) is 109 Å². The van der Waals surface area contributed by atoms with Crippen LogP contribution in [-0.4, -0.2) is 26.0 Å². The summed E-state index contributed by atoms with van der Waals surface area (Å²) >= 11 is 0. The third-order valence-corrected chi connectivity index (χ3v) is 4.03. The van der Waals surface area contributed by atoms with Crippen LogP contribution in [0.25, 0.3) is 22.0 Å². The molecule has 0 spiro atoms. The first-order valence-electron chi connectivity index (χ1n) is 7.39. The van der Waals surface area contributed by atoms with Crippen molar-refractivity contribution in [3.05, 3.63) is 58.0 Å². The molecule has 0 amide bonds. The summed E-state index contributed by atoms with van der Waals surface area (Å²) in [5.74, 6) is -0.934. The summed E-state index contributed by atoms with van der Waals surface area (Å²) in [6.45, 7) is 1.80. The number of hydrogen-bond donors (Lipinski definition) is 2. The van der Waals surface area contributed by atoms with Gasteiger partial charge in [-0.3, -0.25) is 19.9 Å². The van der Waals surface area contributed by atoms with Gasteiger partial charge in [-0.1, -0.05) is 0 Å². The summed E-state index contributed by atoms with van der Waals surface area (Å²) < 4.78 is 0. The minimum atomic E-state index is -0.934. The zero-order valence-corrected chi connectivity index (χ0v) is 12.9. The van der Waals surface area contributed by atoms with E-state index in [4.69, 9.17) is 5.11 Å². The number of carboxylic acid groups (broad SMARTS) is 1. The van der Waals surface area contributed by atoms with E-state index in [-0.39, 0.29) is 18.5 Å². The summed E-state index contributed by atoms with van der Waals surface area (Å²) in [5.41, 5.74) is 3.75. The molecule has 0 atom stereocenters. The first kappa shape index (κ1) is 15.7. The van der Waals surface area contributed by atoms with Crippen molar-refractivity contribution < 1.29 is 14.8 Å². The van der Waals surface area contributed by atoms with Crippen LogP contribution in [0.15, 0.2) is 36.7 Å². The first-order chi connectivity index (χ1) is 11.5. The number of carboxylic acids is 1. The van der Waals surface area contributed by atoms with Crippen molar-refractivity contribution in [3.63, 3.8) is 0 Å². The van der Waals surface area contributed by atoms with Gasteiger partial charge in [0.25, 0.3) is 5.69 Å². The van der Waals surface area contributed by atoms with Crippen LogP contribution < -0.4 is 0 Å². The van der Waals surface area contributed by atoms with E-state index in [2.05, 4.69) is 9.97 Å². The van der Waals surface area contributed by atoms with E-state index in [0.717, 1.165) is 16.8 Å². The van der Waals surface area contributed by atoms with Crippen molar-refractivity contribution in [2.45, 2.75) is 19.8 Å². The van der Waals surface area contributed by atoms with E-state index in [0.29, 0.717) is 16.5 Å². The molecule has 3 aromatic rings. The smallest absolute Gasteiger partial charge is 0.303 e. The molecular weight excluding hydrogens is 310 g/mol. The molecule has 0 aliphatic rings. The van der Waals surface area contributed by atoms with Crippen LogP contribution in [0, 0.1) is 17.0 Å². The second-order valence-corrected chi connectivity index (χ2v) is 5.50. The molecule has 1 aromatic carbocycles. The summed E-state index contributed by atoms with van der Waals surface area (Å²) in [6.07, 6.45) is 3.47. The number of hydrogen-bond acceptors (Lipinski definition) is 4. The van der Waals surface area contributed by atoms with Gasteiger partial charge in [0.1, 0.15) is 0 Å². The molecule has 2 heterocycles. The summed E-state index contributed by atoms with van der Waals surface area (Å²) in [7, 11) is 0. The van der Waals surface area contributed by atoms with E-state index in [9.17, 15) is 14.9 Å². The standard InChI is InChI=1S/C17H15N3O4/c1-10-12(3-5-15(21)22)16-14(20(23)24)4-2-13(17(16)19-10)11-6-8-18-9-7-11/h2,4,6-9,19H,3,5H2,1H3,(H,21,22). The third kappa shape index (κ3) is 2.71. The highest BCUT2D eigenvalue weighted by Gasteiger charge is 2.22. The molecule has 0 saturated heterocycles. The molecule has 0 radical (unpaired) electrons. The maximum absolute atomic E-state index is 11.4. The van der Waals surface area contributed by atoms with Gasteiger partial charge in [-0.25, -0.2) is 0 Å². The average molecular weight is 325 g/mol. The number of nitro benzene ring substituents is 1. The number of rotatable bonds is 5. The number of aromatic nitrogens is 2. The van der Waals surface area contributed by atoms with Crippen molar-refractivity contribution >= 4 is 22.6 Å². The highest BCUT2D eigenvalue weighted by Crippen LogP contribution is 2.37. The number of aryl methyl sites for hydroxylation is 2. The fraction of sp³-hybridized carbons (Fsp3) is 0.176. The Hall–Kier alpha value is -3.22. The molecule has 24 heavy (non-hydrogen) atoms. The van der Waals surface area contributed by atoms with Crippen LogP contribution >= 0.6 is 0 Å². The average Bonchev–Trinajstić information content (AvgIpc) is 2.88. The Morgan fingerprint density at radius 2 is 2.00 bits per heavy atom. The largest absolute Gasteiger partial charge is 0.481 e. The predicted octanol–water partition coefficient (Wildman–Crippen LogP) is 3.46. The SMILES string of the molecule is Cc1[nH]c2c(-c3ccncc3)ccc([N+](=O)[O-])c2c1CCC(=O)O. The van der Waals surface area contributed by atoms with Crippen molar-refractivity contribution in [1.29, 1.82) is 0 Å². The predicted molar refractivity (Wildman–Crippen MR) is 88.9 cm³/mol. The highest BCUT2D eigenvalue weighted by atomic mass is 16.6. The summed E-state index contributed by atoms with van der Waals surface area (Å²) in [5, 5.41) is 20.8. The quantitative estimate of drug-likeness (QED) is 0.551. The highest BCUT2D eigenvalue weighted by molar-refractivity contribution is 6.02. The molecule has 0 saturated carbocycles. The van der Waals surface area contributed by atoms with Gasteiger partial charge < -0.3 is 10.1 Å². The number of nitrogens with zero attached hydrogens (tertiary/aromatic N) is 2. The van der Waals surface area contributed by atoms with Crippen molar-refractivity contribution in [3.8, 4) is 11.1 Å². The Balaban J connectivity index is 2.28. The number of aromatic amines is 1. The Labute approximate surface area is 137 Å². The lowest BCUT2D eigenvalue weighted by Crippen LogP contribution is -1.99. The van der Waals surface area contributed by atoms with Crippen molar-refractivity contribution in [2.24, 2.45) is 0 Å². The van der Waals surface area contributed by atoms with Crippen LogP contribution in [-0.2, 0) is 11.2 Å². The first-order valence-corrected chi connectivity index (χ1v) is 7.39. The minimum Gasteiger partial charge on any atom is -0.481 e. The Morgan fingerprint density at radius 1 is 1.29 bits per heavy atom. The van der Waals surface area contributed by atoms with Crippen molar-refractivity contribution in [2.75, 3.05) is 0 Å². The molecule has 0 fully saturated rings. The lowest BCUT2D eigenvalue weighted by Gasteiger charge is -2.05. The summed E-state index contributed by atoms with van der Waals surface area (Å²) in [6, 6.07) is 6.82. The van der Waals surface area contributed by atoms with Gasteiger partial charge >= 0.3 is 5.97 Å². The minimum absolute atomic E-state index is 0.0208. The molecule has 7 heteroatoms. The molecule has 0 aliphatic heterocycles. The molecule has 0 bridgehead atoms. The maximum atomic E-state index is 11.4. The molecule has 2 aromatic heterocycles. The van der Waals surface area contributed by atoms with Gasteiger partial charge in [0, 0.05) is 36.1 Å².